The molecule has 0 saturated carbocycles. The van der Waals surface area contributed by atoms with Gasteiger partial charge in [-0.1, -0.05) is 12.1 Å². The van der Waals surface area contributed by atoms with Gasteiger partial charge in [-0.25, -0.2) is 0 Å². The van der Waals surface area contributed by atoms with Gasteiger partial charge < -0.3 is 10.2 Å². The highest BCUT2D eigenvalue weighted by atomic mass is 32.2. The van der Waals surface area contributed by atoms with E-state index in [1.54, 1.807) is 18.2 Å². The molecule has 0 saturated heterocycles. The number of benzene rings is 1. The van der Waals surface area contributed by atoms with E-state index in [9.17, 15) is 13.2 Å². The lowest BCUT2D eigenvalue weighted by Gasteiger charge is -2.17. The number of aliphatic hydroxyl groups is 1. The first kappa shape index (κ1) is 15.4. The van der Waals surface area contributed by atoms with Gasteiger partial charge in [-0.2, -0.15) is 12.7 Å². The van der Waals surface area contributed by atoms with Crippen molar-refractivity contribution in [3.63, 3.8) is 0 Å². The van der Waals surface area contributed by atoms with Crippen molar-refractivity contribution in [3.05, 3.63) is 29.8 Å². The number of rotatable bonds is 7. The Bertz CT molecular complexity index is 544. The molecule has 0 atom stereocenters. The molecule has 8 heteroatoms. The number of hydrogen-bond acceptors (Lipinski definition) is 4. The predicted molar refractivity (Wildman–Crippen MR) is 69.8 cm³/mol. The molecule has 0 aliphatic carbocycles. The summed E-state index contributed by atoms with van der Waals surface area (Å²) in [6, 6.07) is 6.32. The van der Waals surface area contributed by atoms with Crippen molar-refractivity contribution in [2.75, 3.05) is 18.3 Å². The molecule has 3 N–H and O–H groups in total. The Morgan fingerprint density at radius 3 is 2.68 bits per heavy atom. The molecule has 7 nitrogen and oxygen atoms in total. The summed E-state index contributed by atoms with van der Waals surface area (Å²) in [4.78, 5) is 10.4. The lowest BCUT2D eigenvalue weighted by atomic mass is 10.2. The topological polar surface area (TPSA) is 107 Å². The fourth-order valence-corrected chi connectivity index (χ4v) is 2.25. The van der Waals surface area contributed by atoms with E-state index >= 15 is 0 Å². The van der Waals surface area contributed by atoms with E-state index in [4.69, 9.17) is 10.2 Å². The van der Waals surface area contributed by atoms with Crippen molar-refractivity contribution >= 4 is 21.9 Å². The molecule has 0 aliphatic heterocycles. The van der Waals surface area contributed by atoms with Gasteiger partial charge in [0.05, 0.1) is 18.7 Å². The minimum absolute atomic E-state index is 0.121. The summed E-state index contributed by atoms with van der Waals surface area (Å²) in [6.45, 7) is -0.311. The average molecular weight is 288 g/mol. The molecular weight excluding hydrogens is 272 g/mol. The van der Waals surface area contributed by atoms with Crippen LogP contribution >= 0.6 is 0 Å². The molecule has 0 spiro atoms. The van der Waals surface area contributed by atoms with Crippen molar-refractivity contribution in [2.45, 2.75) is 13.0 Å². The van der Waals surface area contributed by atoms with Gasteiger partial charge in [0, 0.05) is 13.6 Å². The first-order valence-electron chi connectivity index (χ1n) is 5.51. The maximum atomic E-state index is 11.9. The Morgan fingerprint density at radius 2 is 2.11 bits per heavy atom. The van der Waals surface area contributed by atoms with E-state index in [2.05, 4.69) is 4.72 Å². The standard InChI is InChI=1S/C11H16N2O5S/c1-13(6-5-11(15)16)19(17,18)12-10-4-2-3-9(7-10)8-14/h2-4,7,12,14H,5-6,8H2,1H3,(H,15,16). The van der Waals surface area contributed by atoms with Gasteiger partial charge in [-0.05, 0) is 17.7 Å². The molecule has 0 heterocycles. The van der Waals surface area contributed by atoms with Crippen molar-refractivity contribution in [3.8, 4) is 0 Å². The molecule has 1 aromatic rings. The molecular formula is C11H16N2O5S. The fourth-order valence-electron chi connectivity index (χ4n) is 1.33. The van der Waals surface area contributed by atoms with Gasteiger partial charge in [0.2, 0.25) is 0 Å². The molecule has 0 radical (unpaired) electrons. The Morgan fingerprint density at radius 1 is 1.42 bits per heavy atom. The Labute approximate surface area is 111 Å². The zero-order valence-corrected chi connectivity index (χ0v) is 11.2. The second-order valence-electron chi connectivity index (χ2n) is 3.93. The smallest absolute Gasteiger partial charge is 0.304 e. The van der Waals surface area contributed by atoms with Crippen molar-refractivity contribution in [1.82, 2.24) is 4.31 Å². The van der Waals surface area contributed by atoms with Crippen molar-refractivity contribution in [2.24, 2.45) is 0 Å². The van der Waals surface area contributed by atoms with E-state index < -0.39 is 16.2 Å². The lowest BCUT2D eigenvalue weighted by Crippen LogP contribution is -2.34. The van der Waals surface area contributed by atoms with E-state index in [1.165, 1.54) is 13.1 Å². The third-order valence-corrected chi connectivity index (χ3v) is 3.90. The molecule has 0 fully saturated rings. The summed E-state index contributed by atoms with van der Waals surface area (Å²) in [6.07, 6.45) is -0.270. The van der Waals surface area contributed by atoms with Crippen LogP contribution in [0.25, 0.3) is 0 Å². The molecule has 0 aromatic heterocycles. The number of carboxylic acids is 1. The maximum absolute atomic E-state index is 11.9. The summed E-state index contributed by atoms with van der Waals surface area (Å²) in [5, 5.41) is 17.5. The second-order valence-corrected chi connectivity index (χ2v) is 5.71. The average Bonchev–Trinajstić information content (AvgIpc) is 2.35. The van der Waals surface area contributed by atoms with Crippen LogP contribution in [0.1, 0.15) is 12.0 Å². The normalized spacial score (nSPS) is 11.5. The van der Waals surface area contributed by atoms with Gasteiger partial charge >= 0.3 is 16.2 Å². The number of aliphatic hydroxyl groups excluding tert-OH is 1. The SMILES string of the molecule is CN(CCC(=O)O)S(=O)(=O)Nc1cccc(CO)c1. The molecule has 0 unspecified atom stereocenters. The third-order valence-electron chi connectivity index (χ3n) is 2.41. The number of hydrogen-bond donors (Lipinski definition) is 3. The summed E-state index contributed by atoms with van der Waals surface area (Å²) in [5.74, 6) is -1.07. The van der Waals surface area contributed by atoms with Gasteiger partial charge in [0.25, 0.3) is 0 Å². The highest BCUT2D eigenvalue weighted by molar-refractivity contribution is 7.90. The first-order valence-corrected chi connectivity index (χ1v) is 6.95. The number of aliphatic carboxylic acids is 1. The summed E-state index contributed by atoms with van der Waals surface area (Å²) >= 11 is 0. The molecule has 0 amide bonds. The minimum Gasteiger partial charge on any atom is -0.481 e. The van der Waals surface area contributed by atoms with Crippen molar-refractivity contribution in [1.29, 1.82) is 0 Å². The first-order chi connectivity index (χ1) is 8.85. The largest absolute Gasteiger partial charge is 0.481 e. The Kier molecular flexibility index (Phi) is 5.28. The minimum atomic E-state index is -3.80. The molecule has 106 valence electrons. The van der Waals surface area contributed by atoms with Crippen LogP contribution in [0.2, 0.25) is 0 Å². The fraction of sp³-hybridized carbons (Fsp3) is 0.364. The van der Waals surface area contributed by atoms with Crippen LogP contribution in [0.15, 0.2) is 24.3 Å². The maximum Gasteiger partial charge on any atom is 0.304 e. The van der Waals surface area contributed by atoms with Crippen LogP contribution in [-0.2, 0) is 21.6 Å². The second kappa shape index (κ2) is 6.50. The molecule has 19 heavy (non-hydrogen) atoms. The van der Waals surface area contributed by atoms with Crippen LogP contribution in [-0.4, -0.2) is 42.5 Å². The highest BCUT2D eigenvalue weighted by Crippen LogP contribution is 2.13. The molecule has 1 aromatic carbocycles. The van der Waals surface area contributed by atoms with E-state index in [0.717, 1.165) is 4.31 Å². The number of carboxylic acid groups (broad SMARTS) is 1. The van der Waals surface area contributed by atoms with E-state index in [-0.39, 0.29) is 19.6 Å². The zero-order chi connectivity index (χ0) is 14.5. The van der Waals surface area contributed by atoms with Crippen LogP contribution < -0.4 is 4.72 Å². The number of nitrogens with zero attached hydrogens (tertiary/aromatic N) is 1. The van der Waals surface area contributed by atoms with Gasteiger partial charge in [-0.15, -0.1) is 0 Å². The Balaban J connectivity index is 2.75. The molecule has 0 aliphatic rings. The predicted octanol–water partition coefficient (Wildman–Crippen LogP) is 0.242. The molecule has 0 bridgehead atoms. The van der Waals surface area contributed by atoms with Crippen LogP contribution in [0, 0.1) is 0 Å². The summed E-state index contributed by atoms with van der Waals surface area (Å²) in [7, 11) is -2.50. The number of anilines is 1. The summed E-state index contributed by atoms with van der Waals surface area (Å²) < 4.78 is 27.0. The van der Waals surface area contributed by atoms with E-state index in [1.807, 2.05) is 0 Å². The van der Waals surface area contributed by atoms with Crippen molar-refractivity contribution < 1.29 is 23.4 Å². The third kappa shape index (κ3) is 4.86. The molecule has 1 rings (SSSR count). The van der Waals surface area contributed by atoms with Crippen LogP contribution in [0.3, 0.4) is 0 Å². The van der Waals surface area contributed by atoms with Gasteiger partial charge in [0.15, 0.2) is 0 Å². The highest BCUT2D eigenvalue weighted by Gasteiger charge is 2.18. The van der Waals surface area contributed by atoms with Crippen LogP contribution in [0.4, 0.5) is 5.69 Å². The monoisotopic (exact) mass is 288 g/mol. The van der Waals surface area contributed by atoms with Gasteiger partial charge in [0.1, 0.15) is 0 Å². The van der Waals surface area contributed by atoms with Crippen LogP contribution in [0.5, 0.6) is 0 Å². The van der Waals surface area contributed by atoms with Gasteiger partial charge in [-0.3, -0.25) is 9.52 Å². The number of nitrogens with one attached hydrogen (secondary N) is 1. The zero-order valence-electron chi connectivity index (χ0n) is 10.4. The number of carbonyl (C=O) groups is 1. The summed E-state index contributed by atoms with van der Waals surface area (Å²) in [5.41, 5.74) is 0.891. The quantitative estimate of drug-likeness (QED) is 0.666. The van der Waals surface area contributed by atoms with E-state index in [0.29, 0.717) is 11.3 Å². The Hall–Kier alpha value is -1.64. The lowest BCUT2D eigenvalue weighted by molar-refractivity contribution is -0.137.